The Morgan fingerprint density at radius 3 is 1.24 bits per heavy atom. The highest BCUT2D eigenvalue weighted by Crippen LogP contribution is 2.33. The van der Waals surface area contributed by atoms with E-state index in [1.54, 1.807) is 0 Å². The second-order valence-electron chi connectivity index (χ2n) is 9.05. The van der Waals surface area contributed by atoms with Gasteiger partial charge in [0.1, 0.15) is 0 Å². The summed E-state index contributed by atoms with van der Waals surface area (Å²) < 4.78 is 10.1. The van der Waals surface area contributed by atoms with Gasteiger partial charge in [0.15, 0.2) is 0 Å². The van der Waals surface area contributed by atoms with Crippen molar-refractivity contribution < 1.29 is 19.1 Å². The van der Waals surface area contributed by atoms with Crippen LogP contribution >= 0.6 is 0 Å². The molecule has 0 bridgehead atoms. The van der Waals surface area contributed by atoms with E-state index < -0.39 is 11.9 Å². The number of rotatable bonds is 8. The summed E-state index contributed by atoms with van der Waals surface area (Å²) in [5.74, 6) is -0.0179. The Morgan fingerprint density at radius 1 is 0.647 bits per heavy atom. The molecule has 0 saturated carbocycles. The summed E-state index contributed by atoms with van der Waals surface area (Å²) in [6.45, 7) is 8.55. The lowest BCUT2D eigenvalue weighted by atomic mass is 9.92. The predicted octanol–water partition coefficient (Wildman–Crippen LogP) is 6.11. The molecule has 0 amide bonds. The number of allylic oxidation sites excluding steroid dienone is 2. The Morgan fingerprint density at radius 2 is 0.971 bits per heavy atom. The van der Waals surface area contributed by atoms with Crippen molar-refractivity contribution in [2.45, 2.75) is 52.4 Å². The first kappa shape index (κ1) is 25.1. The van der Waals surface area contributed by atoms with Crippen molar-refractivity contribution >= 4 is 23.3 Å². The van der Waals surface area contributed by atoms with E-state index in [-0.39, 0.29) is 12.8 Å². The normalized spacial score (nSPS) is 13.9. The SMILES string of the molecule is COC(=O)C1=C(Nc2ccc(C(C)C)cc2)CC(C(=O)OC)=C(Nc2ccc(C(C)C)cc2)C1. The number of anilines is 2. The van der Waals surface area contributed by atoms with Gasteiger partial charge in [0.05, 0.1) is 25.4 Å². The molecule has 0 saturated heterocycles. The van der Waals surface area contributed by atoms with Gasteiger partial charge in [-0.1, -0.05) is 52.0 Å². The van der Waals surface area contributed by atoms with Gasteiger partial charge < -0.3 is 20.1 Å². The Balaban J connectivity index is 1.93. The van der Waals surface area contributed by atoms with E-state index in [1.165, 1.54) is 25.3 Å². The van der Waals surface area contributed by atoms with Crippen LogP contribution in [0.2, 0.25) is 0 Å². The summed E-state index contributed by atoms with van der Waals surface area (Å²) in [7, 11) is 2.73. The first-order chi connectivity index (χ1) is 16.2. The van der Waals surface area contributed by atoms with Crippen LogP contribution in [0.15, 0.2) is 71.1 Å². The molecule has 6 heteroatoms. The molecule has 0 fully saturated rings. The summed E-state index contributed by atoms with van der Waals surface area (Å²) in [4.78, 5) is 25.4. The predicted molar refractivity (Wildman–Crippen MR) is 136 cm³/mol. The highest BCUT2D eigenvalue weighted by molar-refractivity contribution is 5.96. The van der Waals surface area contributed by atoms with Crippen LogP contribution in [0, 0.1) is 0 Å². The zero-order chi connectivity index (χ0) is 24.8. The van der Waals surface area contributed by atoms with Crippen molar-refractivity contribution in [3.05, 3.63) is 82.2 Å². The molecule has 0 radical (unpaired) electrons. The molecule has 34 heavy (non-hydrogen) atoms. The number of carbonyl (C=O) groups excluding carboxylic acids is 2. The molecule has 0 heterocycles. The second-order valence-corrected chi connectivity index (χ2v) is 9.05. The first-order valence-corrected chi connectivity index (χ1v) is 11.6. The molecule has 2 aromatic carbocycles. The highest BCUT2D eigenvalue weighted by atomic mass is 16.5. The van der Waals surface area contributed by atoms with Crippen LogP contribution < -0.4 is 10.6 Å². The van der Waals surface area contributed by atoms with Gasteiger partial charge in [-0.15, -0.1) is 0 Å². The largest absolute Gasteiger partial charge is 0.466 e. The third-order valence-electron chi connectivity index (χ3n) is 6.04. The van der Waals surface area contributed by atoms with Crippen molar-refractivity contribution in [2.24, 2.45) is 0 Å². The first-order valence-electron chi connectivity index (χ1n) is 11.6. The van der Waals surface area contributed by atoms with Crippen molar-refractivity contribution in [2.75, 3.05) is 24.9 Å². The molecule has 1 aliphatic carbocycles. The number of hydrogen-bond acceptors (Lipinski definition) is 6. The van der Waals surface area contributed by atoms with E-state index in [1.807, 2.05) is 24.3 Å². The molecular formula is C28H34N2O4. The van der Waals surface area contributed by atoms with Crippen molar-refractivity contribution in [3.8, 4) is 0 Å². The van der Waals surface area contributed by atoms with E-state index in [4.69, 9.17) is 9.47 Å². The highest BCUT2D eigenvalue weighted by Gasteiger charge is 2.30. The van der Waals surface area contributed by atoms with E-state index in [9.17, 15) is 9.59 Å². The fourth-order valence-electron chi connectivity index (χ4n) is 3.91. The molecule has 0 spiro atoms. The molecule has 180 valence electrons. The van der Waals surface area contributed by atoms with Gasteiger partial charge in [0.25, 0.3) is 0 Å². The van der Waals surface area contributed by atoms with Gasteiger partial charge in [-0.25, -0.2) is 9.59 Å². The number of benzene rings is 2. The fraction of sp³-hybridized carbons (Fsp3) is 0.357. The number of esters is 2. The lowest BCUT2D eigenvalue weighted by Gasteiger charge is -2.26. The van der Waals surface area contributed by atoms with Crippen molar-refractivity contribution in [1.29, 1.82) is 0 Å². The Bertz CT molecular complexity index is 1000. The monoisotopic (exact) mass is 462 g/mol. The van der Waals surface area contributed by atoms with Gasteiger partial charge in [0.2, 0.25) is 0 Å². The van der Waals surface area contributed by atoms with Crippen molar-refractivity contribution in [3.63, 3.8) is 0 Å². The second kappa shape index (κ2) is 11.1. The maximum absolute atomic E-state index is 12.7. The van der Waals surface area contributed by atoms with Crippen LogP contribution in [-0.2, 0) is 19.1 Å². The van der Waals surface area contributed by atoms with Crippen LogP contribution in [0.3, 0.4) is 0 Å². The maximum Gasteiger partial charge on any atom is 0.335 e. The maximum atomic E-state index is 12.7. The van der Waals surface area contributed by atoms with Crippen LogP contribution in [0.1, 0.15) is 63.5 Å². The van der Waals surface area contributed by atoms with Gasteiger partial charge >= 0.3 is 11.9 Å². The molecule has 2 aromatic rings. The van der Waals surface area contributed by atoms with Gasteiger partial charge in [-0.05, 0) is 47.2 Å². The zero-order valence-electron chi connectivity index (χ0n) is 20.8. The third kappa shape index (κ3) is 5.87. The number of nitrogens with one attached hydrogen (secondary N) is 2. The van der Waals surface area contributed by atoms with Crippen molar-refractivity contribution in [1.82, 2.24) is 0 Å². The van der Waals surface area contributed by atoms with Crippen LogP contribution in [-0.4, -0.2) is 26.2 Å². The van der Waals surface area contributed by atoms with E-state index in [0.717, 1.165) is 11.4 Å². The van der Waals surface area contributed by atoms with Crippen LogP contribution in [0.25, 0.3) is 0 Å². The molecule has 0 aliphatic heterocycles. The van der Waals surface area contributed by atoms with E-state index >= 15 is 0 Å². The minimum absolute atomic E-state index is 0.218. The lowest BCUT2D eigenvalue weighted by Crippen LogP contribution is -2.24. The molecule has 0 atom stereocenters. The van der Waals surface area contributed by atoms with Gasteiger partial charge in [0, 0.05) is 35.6 Å². The van der Waals surface area contributed by atoms with E-state index in [2.05, 4.69) is 62.6 Å². The van der Waals surface area contributed by atoms with Gasteiger partial charge in [-0.2, -0.15) is 0 Å². The standard InChI is InChI=1S/C28H34N2O4/c1-17(2)19-7-11-21(12-8-19)29-25-15-24(28(32)34-6)26(16-23(25)27(31)33-5)30-22-13-9-20(10-14-22)18(3)4/h7-14,17-18,29-30H,15-16H2,1-6H3. The molecule has 0 aromatic heterocycles. The molecule has 2 N–H and O–H groups in total. The topological polar surface area (TPSA) is 76.7 Å². The van der Waals surface area contributed by atoms with Gasteiger partial charge in [-0.3, -0.25) is 0 Å². The zero-order valence-corrected chi connectivity index (χ0v) is 20.8. The number of methoxy groups -OCH3 is 2. The quantitative estimate of drug-likeness (QED) is 0.461. The summed E-state index contributed by atoms with van der Waals surface area (Å²) in [6, 6.07) is 16.1. The van der Waals surface area contributed by atoms with Crippen LogP contribution in [0.4, 0.5) is 11.4 Å². The van der Waals surface area contributed by atoms with Crippen LogP contribution in [0.5, 0.6) is 0 Å². The molecular weight excluding hydrogens is 428 g/mol. The number of hydrogen-bond donors (Lipinski definition) is 2. The molecule has 1 aliphatic rings. The molecule has 0 unspecified atom stereocenters. The summed E-state index contributed by atoms with van der Waals surface area (Å²) >= 11 is 0. The Hall–Kier alpha value is -3.54. The Kier molecular flexibility index (Phi) is 8.16. The summed E-state index contributed by atoms with van der Waals surface area (Å²) in [5.41, 5.74) is 6.34. The minimum Gasteiger partial charge on any atom is -0.466 e. The summed E-state index contributed by atoms with van der Waals surface area (Å²) in [5, 5.41) is 6.67. The fourth-order valence-corrected chi connectivity index (χ4v) is 3.91. The van der Waals surface area contributed by atoms with E-state index in [0.29, 0.717) is 34.4 Å². The molecule has 6 nitrogen and oxygen atoms in total. The average molecular weight is 463 g/mol. The number of carbonyl (C=O) groups is 2. The smallest absolute Gasteiger partial charge is 0.335 e. The minimum atomic E-state index is -0.431. The summed E-state index contributed by atoms with van der Waals surface area (Å²) in [6.07, 6.45) is 0.435. The number of ether oxygens (including phenoxy) is 2. The average Bonchev–Trinajstić information content (AvgIpc) is 2.84. The molecule has 3 rings (SSSR count). The third-order valence-corrected chi connectivity index (χ3v) is 6.04. The lowest BCUT2D eigenvalue weighted by molar-refractivity contribution is -0.137. The Labute approximate surface area is 202 Å².